The molecule has 0 bridgehead atoms. The molecule has 0 saturated carbocycles. The minimum atomic E-state index is 0.175. The van der Waals surface area contributed by atoms with Crippen LogP contribution >= 0.6 is 0 Å². The molecule has 0 aromatic heterocycles. The third kappa shape index (κ3) is 3.21. The topological polar surface area (TPSA) is 29.3 Å². The molecule has 1 unspecified atom stereocenters. The Morgan fingerprint density at radius 1 is 1.36 bits per heavy atom. The van der Waals surface area contributed by atoms with Crippen LogP contribution in [0, 0.1) is 5.92 Å². The largest absolute Gasteiger partial charge is 0.329 e. The first-order valence-electron chi connectivity index (χ1n) is 4.30. The summed E-state index contributed by atoms with van der Waals surface area (Å²) in [4.78, 5) is 2.22. The summed E-state index contributed by atoms with van der Waals surface area (Å²) in [5, 5.41) is 0. The highest BCUT2D eigenvalue weighted by Crippen LogP contribution is 2.19. The standard InChI is InChI=1S/C9H22N2/c1-8(2)6-9(3,7-10)11(4)5/h8H,6-7,10H2,1-5H3. The molecular weight excluding hydrogens is 136 g/mol. The molecule has 0 amide bonds. The lowest BCUT2D eigenvalue weighted by atomic mass is 9.90. The van der Waals surface area contributed by atoms with Gasteiger partial charge in [-0.3, -0.25) is 0 Å². The number of nitrogens with zero attached hydrogens (tertiary/aromatic N) is 1. The molecule has 0 aliphatic heterocycles. The van der Waals surface area contributed by atoms with E-state index in [0.717, 1.165) is 13.0 Å². The van der Waals surface area contributed by atoms with Crippen molar-refractivity contribution in [2.75, 3.05) is 20.6 Å². The first-order valence-corrected chi connectivity index (χ1v) is 4.30. The third-order valence-electron chi connectivity index (χ3n) is 2.37. The molecule has 0 radical (unpaired) electrons. The fourth-order valence-electron chi connectivity index (χ4n) is 1.33. The zero-order valence-electron chi connectivity index (χ0n) is 8.52. The van der Waals surface area contributed by atoms with Gasteiger partial charge in [-0.25, -0.2) is 0 Å². The smallest absolute Gasteiger partial charge is 0.0299 e. The Morgan fingerprint density at radius 2 is 1.82 bits per heavy atom. The summed E-state index contributed by atoms with van der Waals surface area (Å²) in [7, 11) is 4.18. The van der Waals surface area contributed by atoms with E-state index in [4.69, 9.17) is 5.73 Å². The maximum absolute atomic E-state index is 5.71. The van der Waals surface area contributed by atoms with E-state index in [2.05, 4.69) is 39.8 Å². The van der Waals surface area contributed by atoms with Crippen molar-refractivity contribution in [2.45, 2.75) is 32.7 Å². The van der Waals surface area contributed by atoms with Gasteiger partial charge in [-0.15, -0.1) is 0 Å². The number of likely N-dealkylation sites (N-methyl/N-ethyl adjacent to an activating group) is 1. The Morgan fingerprint density at radius 3 is 1.91 bits per heavy atom. The van der Waals surface area contributed by atoms with Gasteiger partial charge in [0, 0.05) is 12.1 Å². The van der Waals surface area contributed by atoms with Gasteiger partial charge in [-0.2, -0.15) is 0 Å². The minimum Gasteiger partial charge on any atom is -0.329 e. The van der Waals surface area contributed by atoms with Crippen molar-refractivity contribution in [3.05, 3.63) is 0 Å². The number of nitrogens with two attached hydrogens (primary N) is 1. The molecule has 0 aromatic carbocycles. The van der Waals surface area contributed by atoms with Crippen LogP contribution in [-0.2, 0) is 0 Å². The van der Waals surface area contributed by atoms with Gasteiger partial charge >= 0.3 is 0 Å². The quantitative estimate of drug-likeness (QED) is 0.668. The van der Waals surface area contributed by atoms with Crippen LogP contribution in [0.5, 0.6) is 0 Å². The lowest BCUT2D eigenvalue weighted by Gasteiger charge is -2.36. The van der Waals surface area contributed by atoms with Gasteiger partial charge in [0.25, 0.3) is 0 Å². The fraction of sp³-hybridized carbons (Fsp3) is 1.00. The van der Waals surface area contributed by atoms with E-state index in [0.29, 0.717) is 5.92 Å². The molecule has 0 fully saturated rings. The molecule has 2 N–H and O–H groups in total. The number of hydrogen-bond acceptors (Lipinski definition) is 2. The molecule has 0 saturated heterocycles. The van der Waals surface area contributed by atoms with Gasteiger partial charge in [0.1, 0.15) is 0 Å². The summed E-state index contributed by atoms with van der Waals surface area (Å²) in [5.74, 6) is 0.714. The number of rotatable bonds is 4. The molecule has 0 rings (SSSR count). The van der Waals surface area contributed by atoms with Crippen molar-refractivity contribution < 1.29 is 0 Å². The summed E-state index contributed by atoms with van der Waals surface area (Å²) in [5.41, 5.74) is 5.89. The van der Waals surface area contributed by atoms with Crippen molar-refractivity contribution in [2.24, 2.45) is 11.7 Å². The monoisotopic (exact) mass is 158 g/mol. The predicted octanol–water partition coefficient (Wildman–Crippen LogP) is 1.31. The summed E-state index contributed by atoms with van der Waals surface area (Å²) in [6.45, 7) is 7.42. The van der Waals surface area contributed by atoms with E-state index in [1.54, 1.807) is 0 Å². The SMILES string of the molecule is CC(C)CC(C)(CN)N(C)C. The summed E-state index contributed by atoms with van der Waals surface area (Å²) >= 11 is 0. The van der Waals surface area contributed by atoms with Crippen LogP contribution in [0.2, 0.25) is 0 Å². The predicted molar refractivity (Wildman–Crippen MR) is 50.6 cm³/mol. The highest BCUT2D eigenvalue weighted by atomic mass is 15.1. The van der Waals surface area contributed by atoms with Gasteiger partial charge in [-0.1, -0.05) is 13.8 Å². The highest BCUT2D eigenvalue weighted by Gasteiger charge is 2.25. The molecule has 0 spiro atoms. The van der Waals surface area contributed by atoms with Gasteiger partial charge in [-0.05, 0) is 33.4 Å². The van der Waals surface area contributed by atoms with E-state index < -0.39 is 0 Å². The minimum absolute atomic E-state index is 0.175. The maximum atomic E-state index is 5.71. The average Bonchev–Trinajstić information content (AvgIpc) is 1.86. The molecule has 0 aromatic rings. The third-order valence-corrected chi connectivity index (χ3v) is 2.37. The fourth-order valence-corrected chi connectivity index (χ4v) is 1.33. The molecule has 1 atom stereocenters. The average molecular weight is 158 g/mol. The Kier molecular flexibility index (Phi) is 4.04. The second kappa shape index (κ2) is 4.07. The van der Waals surface area contributed by atoms with Gasteiger partial charge in [0.2, 0.25) is 0 Å². The van der Waals surface area contributed by atoms with E-state index in [1.807, 2.05) is 0 Å². The van der Waals surface area contributed by atoms with E-state index in [9.17, 15) is 0 Å². The van der Waals surface area contributed by atoms with Crippen LogP contribution < -0.4 is 5.73 Å². The normalized spacial score (nSPS) is 17.5. The van der Waals surface area contributed by atoms with Crippen LogP contribution in [0.1, 0.15) is 27.2 Å². The Balaban J connectivity index is 4.10. The highest BCUT2D eigenvalue weighted by molar-refractivity contribution is 4.84. The molecule has 0 heterocycles. The van der Waals surface area contributed by atoms with E-state index >= 15 is 0 Å². The van der Waals surface area contributed by atoms with Gasteiger partial charge in [0.15, 0.2) is 0 Å². The Bertz CT molecular complexity index is 110. The van der Waals surface area contributed by atoms with Crippen LogP contribution in [0.25, 0.3) is 0 Å². The first kappa shape index (κ1) is 10.9. The van der Waals surface area contributed by atoms with Crippen molar-refractivity contribution in [3.63, 3.8) is 0 Å². The van der Waals surface area contributed by atoms with Crippen molar-refractivity contribution in [3.8, 4) is 0 Å². The summed E-state index contributed by atoms with van der Waals surface area (Å²) in [6, 6.07) is 0. The molecule has 11 heavy (non-hydrogen) atoms. The second-order valence-corrected chi connectivity index (χ2v) is 4.19. The van der Waals surface area contributed by atoms with Crippen LogP contribution in [0.3, 0.4) is 0 Å². The van der Waals surface area contributed by atoms with Crippen molar-refractivity contribution in [1.82, 2.24) is 4.90 Å². The molecular formula is C9H22N2. The zero-order valence-corrected chi connectivity index (χ0v) is 8.52. The maximum Gasteiger partial charge on any atom is 0.0299 e. The van der Waals surface area contributed by atoms with E-state index in [1.165, 1.54) is 0 Å². The van der Waals surface area contributed by atoms with Gasteiger partial charge in [0.05, 0.1) is 0 Å². The summed E-state index contributed by atoms with van der Waals surface area (Å²) in [6.07, 6.45) is 1.16. The van der Waals surface area contributed by atoms with Crippen LogP contribution in [0.4, 0.5) is 0 Å². The van der Waals surface area contributed by atoms with Crippen LogP contribution in [-0.4, -0.2) is 31.1 Å². The van der Waals surface area contributed by atoms with Gasteiger partial charge < -0.3 is 10.6 Å². The first-order chi connectivity index (χ1) is 4.92. The molecule has 2 heteroatoms. The molecule has 2 nitrogen and oxygen atoms in total. The molecule has 0 aliphatic rings. The van der Waals surface area contributed by atoms with Crippen molar-refractivity contribution in [1.29, 1.82) is 0 Å². The zero-order chi connectivity index (χ0) is 9.07. The lowest BCUT2D eigenvalue weighted by Crippen LogP contribution is -2.48. The summed E-state index contributed by atoms with van der Waals surface area (Å²) < 4.78 is 0. The number of hydrogen-bond donors (Lipinski definition) is 1. The second-order valence-electron chi connectivity index (χ2n) is 4.19. The van der Waals surface area contributed by atoms with Crippen molar-refractivity contribution >= 4 is 0 Å². The van der Waals surface area contributed by atoms with Crippen LogP contribution in [0.15, 0.2) is 0 Å². The molecule has 0 aliphatic carbocycles. The van der Waals surface area contributed by atoms with E-state index in [-0.39, 0.29) is 5.54 Å². The molecule has 68 valence electrons. The Labute approximate surface area is 70.8 Å². The Hall–Kier alpha value is -0.0800. The lowest BCUT2D eigenvalue weighted by molar-refractivity contribution is 0.150.